The summed E-state index contributed by atoms with van der Waals surface area (Å²) in [5.74, 6) is -0.112. The van der Waals surface area contributed by atoms with Crippen LogP contribution in [-0.2, 0) is 0 Å². The number of halogens is 3. The molecule has 3 aromatic carbocycles. The van der Waals surface area contributed by atoms with Gasteiger partial charge in [-0.25, -0.2) is 4.39 Å². The quantitative estimate of drug-likeness (QED) is 0.488. The summed E-state index contributed by atoms with van der Waals surface area (Å²) in [7, 11) is 0. The van der Waals surface area contributed by atoms with E-state index < -0.39 is 0 Å². The molecule has 0 bridgehead atoms. The maximum atomic E-state index is 13.7. The monoisotopic (exact) mass is 473 g/mol. The number of aryl methyl sites for hydroxylation is 1. The summed E-state index contributed by atoms with van der Waals surface area (Å²) in [6, 6.07) is 18.1. The average Bonchev–Trinajstić information content (AvgIpc) is 2.72. The first-order valence-corrected chi connectivity index (χ1v) is 10.4. The predicted molar refractivity (Wildman–Crippen MR) is 117 cm³/mol. The summed E-state index contributed by atoms with van der Waals surface area (Å²) in [5, 5.41) is 16.6. The largest absolute Gasteiger partial charge is 0.507 e. The first-order chi connectivity index (χ1) is 13.9. The van der Waals surface area contributed by atoms with E-state index in [0.29, 0.717) is 9.50 Å². The summed E-state index contributed by atoms with van der Waals surface area (Å²) in [6.07, 6.45) is 1.90. The summed E-state index contributed by atoms with van der Waals surface area (Å²) in [4.78, 5) is 0. The van der Waals surface area contributed by atoms with Crippen molar-refractivity contribution in [1.82, 2.24) is 5.32 Å². The molecule has 3 nitrogen and oxygen atoms in total. The van der Waals surface area contributed by atoms with Crippen LogP contribution in [0.3, 0.4) is 0 Å². The maximum Gasteiger partial charge on any atom is 0.186 e. The van der Waals surface area contributed by atoms with Crippen LogP contribution in [0.5, 0.6) is 5.75 Å². The van der Waals surface area contributed by atoms with E-state index in [9.17, 15) is 9.50 Å². The minimum absolute atomic E-state index is 0.167. The highest BCUT2D eigenvalue weighted by Gasteiger charge is 2.29. The molecule has 0 amide bonds. The normalized spacial score (nSPS) is 18.8. The fraction of sp³-hybridized carbons (Fsp3) is 0.130. The lowest BCUT2D eigenvalue weighted by atomic mass is 9.97. The second-order valence-corrected chi connectivity index (χ2v) is 8.45. The molecule has 29 heavy (non-hydrogen) atoms. The van der Waals surface area contributed by atoms with Crippen molar-refractivity contribution in [3.05, 3.63) is 104 Å². The summed E-state index contributed by atoms with van der Waals surface area (Å²) < 4.78 is 14.2. The molecule has 0 aliphatic carbocycles. The minimum Gasteiger partial charge on any atom is -0.507 e. The Bertz CT molecular complexity index is 1080. The Morgan fingerprint density at radius 2 is 1.83 bits per heavy atom. The van der Waals surface area contributed by atoms with Gasteiger partial charge < -0.3 is 15.7 Å². The third-order valence-corrected chi connectivity index (χ3v) is 5.91. The molecule has 2 atom stereocenters. The van der Waals surface area contributed by atoms with Crippen molar-refractivity contribution in [2.45, 2.75) is 19.1 Å². The van der Waals surface area contributed by atoms with E-state index in [1.54, 1.807) is 30.3 Å². The first kappa shape index (κ1) is 20.0. The van der Waals surface area contributed by atoms with Gasteiger partial charge in [0.2, 0.25) is 0 Å². The molecule has 3 aromatic rings. The Morgan fingerprint density at radius 1 is 1.07 bits per heavy atom. The van der Waals surface area contributed by atoms with Crippen molar-refractivity contribution in [1.29, 1.82) is 0 Å². The van der Waals surface area contributed by atoms with Gasteiger partial charge in [0.05, 0.1) is 10.0 Å². The van der Waals surface area contributed by atoms with Gasteiger partial charge in [0.15, 0.2) is 6.17 Å². The van der Waals surface area contributed by atoms with Gasteiger partial charge in [-0.05, 0) is 64.8 Å². The molecular formula is C23H20BrClFN2O+. The number of hydrogen-bond donors (Lipinski definition) is 3. The molecule has 2 unspecified atom stereocenters. The van der Waals surface area contributed by atoms with E-state index >= 15 is 0 Å². The Balaban J connectivity index is 1.78. The Kier molecular flexibility index (Phi) is 5.63. The summed E-state index contributed by atoms with van der Waals surface area (Å²) in [5.41, 5.74) is 4.82. The number of rotatable bonds is 3. The van der Waals surface area contributed by atoms with Gasteiger partial charge in [-0.2, -0.15) is 0 Å². The van der Waals surface area contributed by atoms with Crippen LogP contribution < -0.4 is 10.6 Å². The second kappa shape index (κ2) is 8.19. The van der Waals surface area contributed by atoms with E-state index in [1.165, 1.54) is 11.6 Å². The van der Waals surface area contributed by atoms with Crippen molar-refractivity contribution in [2.75, 3.05) is 0 Å². The van der Waals surface area contributed by atoms with Gasteiger partial charge in [0, 0.05) is 22.4 Å². The number of nitrogens with two attached hydrogens (primary N) is 1. The molecule has 0 aromatic heterocycles. The van der Waals surface area contributed by atoms with Crippen molar-refractivity contribution in [3.8, 4) is 5.75 Å². The summed E-state index contributed by atoms with van der Waals surface area (Å²) >= 11 is 9.46. The van der Waals surface area contributed by atoms with Crippen LogP contribution in [0.15, 0.2) is 71.2 Å². The number of benzene rings is 3. The van der Waals surface area contributed by atoms with Crippen molar-refractivity contribution >= 4 is 33.2 Å². The van der Waals surface area contributed by atoms with Crippen molar-refractivity contribution in [2.24, 2.45) is 0 Å². The van der Waals surface area contributed by atoms with E-state index in [0.717, 1.165) is 22.4 Å². The molecular weight excluding hydrogens is 455 g/mol. The molecule has 0 saturated heterocycles. The van der Waals surface area contributed by atoms with Gasteiger partial charge in [-0.15, -0.1) is 0 Å². The maximum absolute atomic E-state index is 13.7. The van der Waals surface area contributed by atoms with Crippen LogP contribution in [0, 0.1) is 12.7 Å². The molecule has 0 radical (unpaired) electrons. The molecule has 0 saturated carbocycles. The second-order valence-electron chi connectivity index (χ2n) is 7.16. The third-order valence-electron chi connectivity index (χ3n) is 5.07. The van der Waals surface area contributed by atoms with Crippen LogP contribution >= 0.6 is 27.5 Å². The molecule has 0 fully saturated rings. The Labute approximate surface area is 182 Å². The van der Waals surface area contributed by atoms with Crippen LogP contribution in [0.1, 0.15) is 34.5 Å². The number of quaternary nitrogens is 1. The molecule has 4 rings (SSSR count). The molecule has 0 spiro atoms. The first-order valence-electron chi connectivity index (χ1n) is 9.24. The predicted octanol–water partition coefficient (Wildman–Crippen LogP) is 5.20. The molecule has 4 N–H and O–H groups in total. The zero-order valence-electron chi connectivity index (χ0n) is 15.7. The fourth-order valence-electron chi connectivity index (χ4n) is 3.50. The lowest BCUT2D eigenvalue weighted by Crippen LogP contribution is -2.89. The highest BCUT2D eigenvalue weighted by Crippen LogP contribution is 2.31. The molecule has 1 heterocycles. The van der Waals surface area contributed by atoms with Crippen LogP contribution in [0.4, 0.5) is 4.39 Å². The molecule has 1 aliphatic rings. The summed E-state index contributed by atoms with van der Waals surface area (Å²) in [6.45, 7) is 2.05. The van der Waals surface area contributed by atoms with Crippen molar-refractivity contribution in [3.63, 3.8) is 0 Å². The topological polar surface area (TPSA) is 48.9 Å². The highest BCUT2D eigenvalue weighted by atomic mass is 79.9. The highest BCUT2D eigenvalue weighted by molar-refractivity contribution is 9.10. The fourth-order valence-corrected chi connectivity index (χ4v) is 4.08. The number of hydrogen-bond acceptors (Lipinski definition) is 2. The van der Waals surface area contributed by atoms with Gasteiger partial charge in [-0.1, -0.05) is 41.4 Å². The van der Waals surface area contributed by atoms with Gasteiger partial charge >= 0.3 is 0 Å². The average molecular weight is 475 g/mol. The molecule has 6 heteroatoms. The number of aromatic hydroxyl groups is 1. The van der Waals surface area contributed by atoms with E-state index in [4.69, 9.17) is 11.6 Å². The van der Waals surface area contributed by atoms with Crippen LogP contribution in [-0.4, -0.2) is 5.11 Å². The lowest BCUT2D eigenvalue weighted by Gasteiger charge is -2.30. The number of phenolic OH excluding ortho intramolecular Hbond substituents is 1. The molecule has 148 valence electrons. The Morgan fingerprint density at radius 3 is 2.55 bits per heavy atom. The van der Waals surface area contributed by atoms with Gasteiger partial charge in [0.1, 0.15) is 17.6 Å². The molecule has 1 aliphatic heterocycles. The minimum atomic E-state index is -0.303. The van der Waals surface area contributed by atoms with Crippen LogP contribution in [0.25, 0.3) is 5.70 Å². The zero-order valence-corrected chi connectivity index (χ0v) is 18.0. The standard InChI is InChI=1S/C23H19BrClFN2O/c1-13-2-4-14(5-3-13)20-12-21(17-11-16(25)7-9-22(17)29)28-23(27-20)15-6-8-19(26)18(24)10-15/h2-12,21,23,27-29H,1H3/p+1. The SMILES string of the molecule is Cc1ccc(C2=CC(c3cc(Cl)ccc3O)[NH2+]C(c3ccc(F)c(Br)c3)N2)cc1. The zero-order chi connectivity index (χ0) is 20.5. The van der Waals surface area contributed by atoms with E-state index in [-0.39, 0.29) is 23.8 Å². The van der Waals surface area contributed by atoms with E-state index in [2.05, 4.69) is 56.9 Å². The van der Waals surface area contributed by atoms with Gasteiger partial charge in [-0.3, -0.25) is 0 Å². The lowest BCUT2D eigenvalue weighted by molar-refractivity contribution is -0.731. The third kappa shape index (κ3) is 4.32. The van der Waals surface area contributed by atoms with Crippen molar-refractivity contribution < 1.29 is 14.8 Å². The van der Waals surface area contributed by atoms with Gasteiger partial charge in [0.25, 0.3) is 0 Å². The number of phenols is 1. The smallest absolute Gasteiger partial charge is 0.186 e. The van der Waals surface area contributed by atoms with Crippen LogP contribution in [0.2, 0.25) is 5.02 Å². The van der Waals surface area contributed by atoms with E-state index in [1.807, 2.05) is 6.92 Å². The number of nitrogens with one attached hydrogen (secondary N) is 1. The Hall–Kier alpha value is -2.34.